The quantitative estimate of drug-likeness (QED) is 0.822. The lowest BCUT2D eigenvalue weighted by Crippen LogP contribution is -2.42. The highest BCUT2D eigenvalue weighted by molar-refractivity contribution is 7.90. The Morgan fingerprint density at radius 3 is 2.60 bits per heavy atom. The van der Waals surface area contributed by atoms with Crippen LogP contribution < -0.4 is 0 Å². The van der Waals surface area contributed by atoms with Gasteiger partial charge in [-0.15, -0.1) is 0 Å². The van der Waals surface area contributed by atoms with Crippen LogP contribution in [0.3, 0.4) is 0 Å². The highest BCUT2D eigenvalue weighted by Gasteiger charge is 2.42. The number of rotatable bonds is 6. The number of aromatic hydroxyl groups is 1. The maximum atomic E-state index is 12.3. The number of aliphatic carboxylic acids is 1. The Bertz CT molecular complexity index is 609. The third-order valence-corrected chi connectivity index (χ3v) is 5.50. The van der Waals surface area contributed by atoms with Gasteiger partial charge in [0.15, 0.2) is 5.25 Å². The van der Waals surface area contributed by atoms with E-state index in [4.69, 9.17) is 5.11 Å². The molecule has 1 aromatic carbocycles. The molecule has 6 nitrogen and oxygen atoms in total. The normalized spacial score (nSPS) is 17.1. The van der Waals surface area contributed by atoms with Crippen molar-refractivity contribution in [2.45, 2.75) is 37.6 Å². The molecule has 1 unspecified atom stereocenters. The fraction of sp³-hybridized carbons (Fsp3) is 0.462. The van der Waals surface area contributed by atoms with Gasteiger partial charge in [-0.3, -0.25) is 4.79 Å². The molecule has 2 rings (SSSR count). The Labute approximate surface area is 117 Å². The van der Waals surface area contributed by atoms with Gasteiger partial charge in [0, 0.05) is 12.6 Å². The van der Waals surface area contributed by atoms with Crippen LogP contribution in [0.15, 0.2) is 24.3 Å². The van der Waals surface area contributed by atoms with Crippen LogP contribution in [0, 0.1) is 0 Å². The Morgan fingerprint density at radius 2 is 2.10 bits per heavy atom. The first-order valence-electron chi connectivity index (χ1n) is 6.33. The Morgan fingerprint density at radius 1 is 1.45 bits per heavy atom. The van der Waals surface area contributed by atoms with E-state index in [2.05, 4.69) is 0 Å². The molecule has 0 heterocycles. The van der Waals surface area contributed by atoms with E-state index in [1.165, 1.54) is 23.4 Å². The summed E-state index contributed by atoms with van der Waals surface area (Å²) >= 11 is 0. The molecule has 1 fully saturated rings. The van der Waals surface area contributed by atoms with Gasteiger partial charge in [0.2, 0.25) is 10.0 Å². The van der Waals surface area contributed by atoms with Crippen LogP contribution in [0.2, 0.25) is 0 Å². The number of nitrogens with zero attached hydrogens (tertiary/aromatic N) is 1. The number of sulfonamides is 1. The van der Waals surface area contributed by atoms with E-state index >= 15 is 0 Å². The summed E-state index contributed by atoms with van der Waals surface area (Å²) in [6.45, 7) is 1.26. The molecule has 0 spiro atoms. The van der Waals surface area contributed by atoms with Gasteiger partial charge < -0.3 is 10.2 Å². The largest absolute Gasteiger partial charge is 0.508 e. The Balaban J connectivity index is 2.26. The van der Waals surface area contributed by atoms with Crippen LogP contribution in [0.5, 0.6) is 5.75 Å². The second-order valence-corrected chi connectivity index (χ2v) is 7.18. The molecule has 1 atom stereocenters. The number of hydrogen-bond acceptors (Lipinski definition) is 4. The SMILES string of the molecule is CC(C(=O)O)S(=O)(=O)N(Cc1cccc(O)c1)C1CC1. The molecular weight excluding hydrogens is 282 g/mol. The summed E-state index contributed by atoms with van der Waals surface area (Å²) in [6.07, 6.45) is 1.48. The number of carboxylic acid groups (broad SMARTS) is 1. The maximum Gasteiger partial charge on any atom is 0.323 e. The average Bonchev–Trinajstić information content (AvgIpc) is 3.19. The van der Waals surface area contributed by atoms with Crippen LogP contribution in [0.1, 0.15) is 25.3 Å². The van der Waals surface area contributed by atoms with Crippen LogP contribution in [0.25, 0.3) is 0 Å². The molecule has 2 N–H and O–H groups in total. The predicted molar refractivity (Wildman–Crippen MR) is 72.7 cm³/mol. The van der Waals surface area contributed by atoms with Gasteiger partial charge in [-0.25, -0.2) is 8.42 Å². The first-order valence-corrected chi connectivity index (χ1v) is 7.84. The van der Waals surface area contributed by atoms with Crippen molar-refractivity contribution >= 4 is 16.0 Å². The summed E-state index contributed by atoms with van der Waals surface area (Å²) in [6, 6.07) is 6.18. The highest BCUT2D eigenvalue weighted by atomic mass is 32.2. The number of carboxylic acids is 1. The fourth-order valence-corrected chi connectivity index (χ4v) is 3.57. The Hall–Kier alpha value is -1.60. The van der Waals surface area contributed by atoms with Crippen molar-refractivity contribution < 1.29 is 23.4 Å². The minimum atomic E-state index is -3.90. The molecule has 110 valence electrons. The molecule has 0 saturated heterocycles. The molecule has 7 heteroatoms. The van der Waals surface area contributed by atoms with Crippen LogP contribution in [0.4, 0.5) is 0 Å². The molecular formula is C13H17NO5S. The molecule has 1 aromatic rings. The van der Waals surface area contributed by atoms with Gasteiger partial charge in [-0.2, -0.15) is 4.31 Å². The fourth-order valence-electron chi connectivity index (χ4n) is 1.95. The van der Waals surface area contributed by atoms with Crippen molar-refractivity contribution in [1.29, 1.82) is 0 Å². The molecule has 0 bridgehead atoms. The lowest BCUT2D eigenvalue weighted by Gasteiger charge is -2.24. The Kier molecular flexibility index (Phi) is 4.01. The zero-order valence-corrected chi connectivity index (χ0v) is 11.9. The van der Waals surface area contributed by atoms with Gasteiger partial charge in [-0.05, 0) is 37.5 Å². The van der Waals surface area contributed by atoms with Crippen molar-refractivity contribution in [1.82, 2.24) is 4.31 Å². The van der Waals surface area contributed by atoms with Gasteiger partial charge in [0.25, 0.3) is 0 Å². The molecule has 20 heavy (non-hydrogen) atoms. The summed E-state index contributed by atoms with van der Waals surface area (Å²) in [4.78, 5) is 11.0. The smallest absolute Gasteiger partial charge is 0.323 e. The third kappa shape index (κ3) is 3.10. The average molecular weight is 299 g/mol. The number of carbonyl (C=O) groups is 1. The lowest BCUT2D eigenvalue weighted by molar-refractivity contribution is -0.136. The zero-order chi connectivity index (χ0) is 14.9. The summed E-state index contributed by atoms with van der Waals surface area (Å²) in [5.41, 5.74) is 0.637. The minimum Gasteiger partial charge on any atom is -0.508 e. The monoisotopic (exact) mass is 299 g/mol. The summed E-state index contributed by atoms with van der Waals surface area (Å²) in [5.74, 6) is -1.30. The van der Waals surface area contributed by atoms with Crippen molar-refractivity contribution in [2.75, 3.05) is 0 Å². The molecule has 1 aliphatic rings. The van der Waals surface area contributed by atoms with Crippen molar-refractivity contribution in [2.24, 2.45) is 0 Å². The molecule has 1 saturated carbocycles. The van der Waals surface area contributed by atoms with Crippen molar-refractivity contribution in [3.05, 3.63) is 29.8 Å². The molecule has 0 aromatic heterocycles. The third-order valence-electron chi connectivity index (χ3n) is 3.32. The topological polar surface area (TPSA) is 94.9 Å². The van der Waals surface area contributed by atoms with E-state index < -0.39 is 21.2 Å². The predicted octanol–water partition coefficient (Wildman–Crippen LogP) is 1.16. The second-order valence-electron chi connectivity index (χ2n) is 4.97. The first kappa shape index (κ1) is 14.8. The van der Waals surface area contributed by atoms with Crippen LogP contribution >= 0.6 is 0 Å². The number of benzene rings is 1. The van der Waals surface area contributed by atoms with Gasteiger partial charge in [-0.1, -0.05) is 12.1 Å². The lowest BCUT2D eigenvalue weighted by atomic mass is 10.2. The maximum absolute atomic E-state index is 12.3. The summed E-state index contributed by atoms with van der Waals surface area (Å²) in [7, 11) is -3.90. The summed E-state index contributed by atoms with van der Waals surface area (Å²) < 4.78 is 25.9. The van der Waals surface area contributed by atoms with E-state index in [1.807, 2.05) is 0 Å². The number of hydrogen-bond donors (Lipinski definition) is 2. The van der Waals surface area contributed by atoms with Crippen LogP contribution in [-0.2, 0) is 21.4 Å². The number of phenolic OH excluding ortho intramolecular Hbond substituents is 1. The van der Waals surface area contributed by atoms with E-state index in [0.717, 1.165) is 12.8 Å². The van der Waals surface area contributed by atoms with Crippen LogP contribution in [-0.4, -0.2) is 40.2 Å². The first-order chi connectivity index (χ1) is 9.32. The molecule has 0 amide bonds. The standard InChI is InChI=1S/C13H17NO5S/c1-9(13(16)17)20(18,19)14(11-5-6-11)8-10-3-2-4-12(15)7-10/h2-4,7,9,11,15H,5-6,8H2,1H3,(H,16,17). The molecule has 1 aliphatic carbocycles. The van der Waals surface area contributed by atoms with E-state index in [-0.39, 0.29) is 18.3 Å². The van der Waals surface area contributed by atoms with E-state index in [0.29, 0.717) is 5.56 Å². The zero-order valence-electron chi connectivity index (χ0n) is 11.1. The van der Waals surface area contributed by atoms with E-state index in [9.17, 15) is 18.3 Å². The van der Waals surface area contributed by atoms with E-state index in [1.54, 1.807) is 12.1 Å². The van der Waals surface area contributed by atoms with Gasteiger partial charge in [0.1, 0.15) is 5.75 Å². The van der Waals surface area contributed by atoms with Crippen molar-refractivity contribution in [3.8, 4) is 5.75 Å². The van der Waals surface area contributed by atoms with Crippen molar-refractivity contribution in [3.63, 3.8) is 0 Å². The minimum absolute atomic E-state index is 0.0573. The summed E-state index contributed by atoms with van der Waals surface area (Å²) in [5, 5.41) is 16.9. The van der Waals surface area contributed by atoms with Gasteiger partial charge in [0.05, 0.1) is 0 Å². The molecule has 0 radical (unpaired) electrons. The molecule has 0 aliphatic heterocycles. The van der Waals surface area contributed by atoms with Gasteiger partial charge >= 0.3 is 5.97 Å². The number of phenols is 1. The second kappa shape index (κ2) is 5.41. The highest BCUT2D eigenvalue weighted by Crippen LogP contribution is 2.32.